The molecule has 6 heteroatoms. The van der Waals surface area contributed by atoms with Crippen molar-refractivity contribution >= 4 is 12.0 Å². The third kappa shape index (κ3) is 6.10. The Bertz CT molecular complexity index is 513. The zero-order valence-electron chi connectivity index (χ0n) is 14.2. The number of nitrogens with zero attached hydrogens (tertiary/aromatic N) is 1. The molecule has 1 heterocycles. The van der Waals surface area contributed by atoms with E-state index in [1.807, 2.05) is 35.2 Å². The van der Waals surface area contributed by atoms with E-state index in [-0.39, 0.29) is 18.0 Å². The molecule has 2 rings (SSSR count). The summed E-state index contributed by atoms with van der Waals surface area (Å²) >= 11 is 0. The number of rotatable bonds is 7. The van der Waals surface area contributed by atoms with E-state index in [9.17, 15) is 9.59 Å². The number of carbonyl (C=O) groups excluding carboxylic acids is 2. The van der Waals surface area contributed by atoms with Gasteiger partial charge in [0.25, 0.3) is 0 Å². The predicted octanol–water partition coefficient (Wildman–Crippen LogP) is 2.58. The van der Waals surface area contributed by atoms with Crippen molar-refractivity contribution in [1.29, 1.82) is 0 Å². The number of benzene rings is 1. The molecular formula is C18H26N2O4. The summed E-state index contributed by atoms with van der Waals surface area (Å²) in [5.41, 5.74) is 0. The Morgan fingerprint density at radius 2 is 1.92 bits per heavy atom. The van der Waals surface area contributed by atoms with Crippen LogP contribution in [0.2, 0.25) is 0 Å². The Hall–Kier alpha value is -2.24. The van der Waals surface area contributed by atoms with E-state index < -0.39 is 0 Å². The molecule has 6 nitrogen and oxygen atoms in total. The van der Waals surface area contributed by atoms with E-state index in [0.717, 1.165) is 18.6 Å². The lowest BCUT2D eigenvalue weighted by atomic mass is 10.0. The highest BCUT2D eigenvalue weighted by Crippen LogP contribution is 2.13. The molecule has 2 amide bonds. The summed E-state index contributed by atoms with van der Waals surface area (Å²) in [6.07, 6.45) is 2.36. The van der Waals surface area contributed by atoms with Crippen LogP contribution in [0.1, 0.15) is 32.6 Å². The van der Waals surface area contributed by atoms with Crippen LogP contribution in [0, 0.1) is 0 Å². The van der Waals surface area contributed by atoms with Crippen LogP contribution in [-0.2, 0) is 9.53 Å². The normalized spacial score (nSPS) is 15.0. The average molecular weight is 334 g/mol. The zero-order valence-corrected chi connectivity index (χ0v) is 14.2. The van der Waals surface area contributed by atoms with Gasteiger partial charge in [-0.15, -0.1) is 0 Å². The SMILES string of the molecule is CCOC(=O)NC1CCN(C(=O)CCCOc2ccccc2)CC1. The van der Waals surface area contributed by atoms with Crippen LogP contribution >= 0.6 is 0 Å². The third-order valence-electron chi connectivity index (χ3n) is 3.99. The van der Waals surface area contributed by atoms with Gasteiger partial charge in [-0.3, -0.25) is 4.79 Å². The van der Waals surface area contributed by atoms with Crippen molar-refractivity contribution in [1.82, 2.24) is 10.2 Å². The first kappa shape index (κ1) is 18.1. The Labute approximate surface area is 143 Å². The molecule has 0 saturated carbocycles. The lowest BCUT2D eigenvalue weighted by Gasteiger charge is -2.32. The molecule has 132 valence electrons. The van der Waals surface area contributed by atoms with Crippen LogP contribution in [0.3, 0.4) is 0 Å². The van der Waals surface area contributed by atoms with Gasteiger partial charge in [-0.25, -0.2) is 4.79 Å². The Balaban J connectivity index is 1.59. The second-order valence-corrected chi connectivity index (χ2v) is 5.78. The van der Waals surface area contributed by atoms with E-state index in [1.54, 1.807) is 6.92 Å². The summed E-state index contributed by atoms with van der Waals surface area (Å²) < 4.78 is 10.5. The number of ether oxygens (including phenoxy) is 2. The Morgan fingerprint density at radius 1 is 1.21 bits per heavy atom. The fourth-order valence-corrected chi connectivity index (χ4v) is 2.70. The minimum atomic E-state index is -0.375. The van der Waals surface area contributed by atoms with Crippen molar-refractivity contribution in [2.24, 2.45) is 0 Å². The topological polar surface area (TPSA) is 67.9 Å². The van der Waals surface area contributed by atoms with E-state index in [1.165, 1.54) is 0 Å². The highest BCUT2D eigenvalue weighted by molar-refractivity contribution is 5.76. The first-order valence-corrected chi connectivity index (χ1v) is 8.58. The molecule has 1 saturated heterocycles. The quantitative estimate of drug-likeness (QED) is 0.778. The van der Waals surface area contributed by atoms with Crippen LogP contribution < -0.4 is 10.1 Å². The van der Waals surface area contributed by atoms with Crippen molar-refractivity contribution in [2.75, 3.05) is 26.3 Å². The molecule has 1 aromatic carbocycles. The van der Waals surface area contributed by atoms with Gasteiger partial charge in [0.2, 0.25) is 5.91 Å². The number of nitrogens with one attached hydrogen (secondary N) is 1. The third-order valence-corrected chi connectivity index (χ3v) is 3.99. The first-order valence-electron chi connectivity index (χ1n) is 8.58. The van der Waals surface area contributed by atoms with Gasteiger partial charge in [0.15, 0.2) is 0 Å². The van der Waals surface area contributed by atoms with Gasteiger partial charge in [-0.05, 0) is 38.3 Å². The van der Waals surface area contributed by atoms with Crippen molar-refractivity contribution < 1.29 is 19.1 Å². The van der Waals surface area contributed by atoms with E-state index in [4.69, 9.17) is 9.47 Å². The number of carbonyl (C=O) groups is 2. The van der Waals surface area contributed by atoms with Gasteiger partial charge in [0, 0.05) is 25.6 Å². The molecule has 1 aliphatic rings. The molecule has 0 atom stereocenters. The highest BCUT2D eigenvalue weighted by atomic mass is 16.5. The maximum absolute atomic E-state index is 12.2. The first-order chi connectivity index (χ1) is 11.7. The van der Waals surface area contributed by atoms with Gasteiger partial charge >= 0.3 is 6.09 Å². The lowest BCUT2D eigenvalue weighted by molar-refractivity contribution is -0.132. The molecule has 0 aromatic heterocycles. The predicted molar refractivity (Wildman–Crippen MR) is 90.9 cm³/mol. The standard InChI is InChI=1S/C18H26N2O4/c1-2-23-18(22)19-15-10-12-20(13-11-15)17(21)9-6-14-24-16-7-4-3-5-8-16/h3-5,7-8,15H,2,6,9-14H2,1H3,(H,19,22). The summed E-state index contributed by atoms with van der Waals surface area (Å²) in [6.45, 7) is 4.04. The molecular weight excluding hydrogens is 308 g/mol. The van der Waals surface area contributed by atoms with Crippen LogP contribution in [0.25, 0.3) is 0 Å². The van der Waals surface area contributed by atoms with Crippen LogP contribution in [-0.4, -0.2) is 49.2 Å². The summed E-state index contributed by atoms with van der Waals surface area (Å²) in [7, 11) is 0. The van der Waals surface area contributed by atoms with Crippen molar-refractivity contribution in [2.45, 2.75) is 38.6 Å². The van der Waals surface area contributed by atoms with E-state index in [2.05, 4.69) is 5.32 Å². The minimum Gasteiger partial charge on any atom is -0.494 e. The Morgan fingerprint density at radius 3 is 2.58 bits per heavy atom. The van der Waals surface area contributed by atoms with Gasteiger partial charge in [-0.2, -0.15) is 0 Å². The maximum Gasteiger partial charge on any atom is 0.407 e. The van der Waals surface area contributed by atoms with Crippen molar-refractivity contribution in [3.63, 3.8) is 0 Å². The molecule has 24 heavy (non-hydrogen) atoms. The molecule has 0 spiro atoms. The van der Waals surface area contributed by atoms with Gasteiger partial charge in [0.05, 0.1) is 13.2 Å². The van der Waals surface area contributed by atoms with Gasteiger partial charge in [-0.1, -0.05) is 18.2 Å². The zero-order chi connectivity index (χ0) is 17.2. The molecule has 1 aromatic rings. The second kappa shape index (κ2) is 9.80. The van der Waals surface area contributed by atoms with Crippen LogP contribution in [0.4, 0.5) is 4.79 Å². The smallest absolute Gasteiger partial charge is 0.407 e. The number of alkyl carbamates (subject to hydrolysis) is 1. The van der Waals surface area contributed by atoms with Crippen LogP contribution in [0.15, 0.2) is 30.3 Å². The number of amides is 2. The number of hydrogen-bond acceptors (Lipinski definition) is 4. The fourth-order valence-electron chi connectivity index (χ4n) is 2.70. The number of piperidine rings is 1. The van der Waals surface area contributed by atoms with E-state index >= 15 is 0 Å². The lowest BCUT2D eigenvalue weighted by Crippen LogP contribution is -2.46. The summed E-state index contributed by atoms with van der Waals surface area (Å²) in [5.74, 6) is 0.983. The number of hydrogen-bond donors (Lipinski definition) is 1. The van der Waals surface area contributed by atoms with Crippen molar-refractivity contribution in [3.8, 4) is 5.75 Å². The number of likely N-dealkylation sites (tertiary alicyclic amines) is 1. The fraction of sp³-hybridized carbons (Fsp3) is 0.556. The summed E-state index contributed by atoms with van der Waals surface area (Å²) in [4.78, 5) is 25.5. The summed E-state index contributed by atoms with van der Waals surface area (Å²) in [5, 5.41) is 2.83. The van der Waals surface area contributed by atoms with E-state index in [0.29, 0.717) is 39.1 Å². The monoisotopic (exact) mass is 334 g/mol. The van der Waals surface area contributed by atoms with Gasteiger partial charge < -0.3 is 19.7 Å². The largest absolute Gasteiger partial charge is 0.494 e. The molecule has 1 aliphatic heterocycles. The average Bonchev–Trinajstić information content (AvgIpc) is 2.60. The number of para-hydroxylation sites is 1. The Kier molecular flexibility index (Phi) is 7.39. The second-order valence-electron chi connectivity index (χ2n) is 5.78. The molecule has 0 aliphatic carbocycles. The van der Waals surface area contributed by atoms with Gasteiger partial charge in [0.1, 0.15) is 5.75 Å². The van der Waals surface area contributed by atoms with Crippen LogP contribution in [0.5, 0.6) is 5.75 Å². The maximum atomic E-state index is 12.2. The molecule has 1 fully saturated rings. The minimum absolute atomic E-state index is 0.0921. The molecule has 0 unspecified atom stereocenters. The molecule has 0 radical (unpaired) electrons. The molecule has 0 bridgehead atoms. The summed E-state index contributed by atoms with van der Waals surface area (Å²) in [6, 6.07) is 9.70. The molecule has 1 N–H and O–H groups in total. The van der Waals surface area contributed by atoms with Crippen molar-refractivity contribution in [3.05, 3.63) is 30.3 Å². The highest BCUT2D eigenvalue weighted by Gasteiger charge is 2.23.